The Hall–Kier alpha value is -1.30. The maximum absolute atomic E-state index is 12.4. The second kappa shape index (κ2) is 5.83. The molecule has 1 atom stereocenters. The van der Waals surface area contributed by atoms with Crippen molar-refractivity contribution in [3.63, 3.8) is 0 Å². The Bertz CT molecular complexity index is 620. The molecule has 1 aliphatic carbocycles. The van der Waals surface area contributed by atoms with Crippen LogP contribution >= 0.6 is 11.8 Å². The zero-order valence-corrected chi connectivity index (χ0v) is 13.3. The SMILES string of the molecule is Cc1nc2n(c(=O)c1C)C(CC(=O)NC1CCCC1)CS2. The van der Waals surface area contributed by atoms with Crippen molar-refractivity contribution < 1.29 is 4.79 Å². The summed E-state index contributed by atoms with van der Waals surface area (Å²) in [5, 5.41) is 3.85. The minimum absolute atomic E-state index is 0.00108. The van der Waals surface area contributed by atoms with E-state index in [0.29, 0.717) is 18.0 Å². The van der Waals surface area contributed by atoms with Crippen molar-refractivity contribution in [1.29, 1.82) is 0 Å². The van der Waals surface area contributed by atoms with E-state index in [1.807, 2.05) is 6.92 Å². The number of carbonyl (C=O) groups is 1. The van der Waals surface area contributed by atoms with Crippen LogP contribution in [-0.4, -0.2) is 27.3 Å². The van der Waals surface area contributed by atoms with Crippen LogP contribution in [0, 0.1) is 13.8 Å². The number of carbonyl (C=O) groups excluding carboxylic acids is 1. The summed E-state index contributed by atoms with van der Waals surface area (Å²) in [5.41, 5.74) is 1.47. The van der Waals surface area contributed by atoms with Gasteiger partial charge in [0.1, 0.15) is 0 Å². The molecule has 6 heteroatoms. The summed E-state index contributed by atoms with van der Waals surface area (Å²) in [6.45, 7) is 3.66. The smallest absolute Gasteiger partial charge is 0.257 e. The lowest BCUT2D eigenvalue weighted by Crippen LogP contribution is -2.36. The van der Waals surface area contributed by atoms with Crippen LogP contribution in [0.25, 0.3) is 0 Å². The Morgan fingerprint density at radius 3 is 2.81 bits per heavy atom. The molecule has 2 aliphatic rings. The Balaban J connectivity index is 1.73. The van der Waals surface area contributed by atoms with E-state index in [1.54, 1.807) is 23.3 Å². The minimum atomic E-state index is -0.0642. The van der Waals surface area contributed by atoms with Gasteiger partial charge in [0, 0.05) is 29.5 Å². The van der Waals surface area contributed by atoms with Crippen LogP contribution in [0.5, 0.6) is 0 Å². The lowest BCUT2D eigenvalue weighted by molar-refractivity contribution is -0.122. The summed E-state index contributed by atoms with van der Waals surface area (Å²) in [4.78, 5) is 29.0. The van der Waals surface area contributed by atoms with Gasteiger partial charge in [-0.05, 0) is 26.7 Å². The van der Waals surface area contributed by atoms with Gasteiger partial charge in [-0.3, -0.25) is 14.2 Å². The molecule has 1 saturated carbocycles. The number of hydrogen-bond donors (Lipinski definition) is 1. The minimum Gasteiger partial charge on any atom is -0.353 e. The summed E-state index contributed by atoms with van der Waals surface area (Å²) < 4.78 is 1.71. The van der Waals surface area contributed by atoms with Gasteiger partial charge in [-0.25, -0.2) is 4.98 Å². The predicted octanol–water partition coefficient (Wildman–Crippen LogP) is 1.96. The maximum atomic E-state index is 12.4. The molecular weight excluding hydrogens is 286 g/mol. The number of nitrogens with zero attached hydrogens (tertiary/aromatic N) is 2. The summed E-state index contributed by atoms with van der Waals surface area (Å²) in [6, 6.07) is 0.270. The van der Waals surface area contributed by atoms with E-state index < -0.39 is 0 Å². The van der Waals surface area contributed by atoms with Crippen LogP contribution < -0.4 is 10.9 Å². The van der Waals surface area contributed by atoms with Crippen LogP contribution in [0.2, 0.25) is 0 Å². The number of aryl methyl sites for hydroxylation is 1. The fourth-order valence-electron chi connectivity index (χ4n) is 3.09. The molecule has 5 nitrogen and oxygen atoms in total. The molecule has 0 aromatic carbocycles. The van der Waals surface area contributed by atoms with Gasteiger partial charge < -0.3 is 5.32 Å². The second-order valence-electron chi connectivity index (χ2n) is 6.00. The highest BCUT2D eigenvalue weighted by atomic mass is 32.2. The molecule has 3 rings (SSSR count). The number of fused-ring (bicyclic) bond motifs is 1. The molecule has 114 valence electrons. The number of thioether (sulfide) groups is 1. The first kappa shape index (κ1) is 14.6. The molecule has 0 bridgehead atoms. The molecule has 1 N–H and O–H groups in total. The average Bonchev–Trinajstić information content (AvgIpc) is 3.06. The summed E-state index contributed by atoms with van der Waals surface area (Å²) in [7, 11) is 0. The Kier molecular flexibility index (Phi) is 4.06. The zero-order valence-electron chi connectivity index (χ0n) is 12.5. The van der Waals surface area contributed by atoms with E-state index in [4.69, 9.17) is 0 Å². The molecular formula is C15H21N3O2S. The Morgan fingerprint density at radius 1 is 1.38 bits per heavy atom. The number of hydrogen-bond acceptors (Lipinski definition) is 4. The molecule has 1 aromatic rings. The molecule has 2 heterocycles. The van der Waals surface area contributed by atoms with E-state index >= 15 is 0 Å². The number of amides is 1. The highest BCUT2D eigenvalue weighted by Gasteiger charge is 2.29. The van der Waals surface area contributed by atoms with Crippen LogP contribution in [0.15, 0.2) is 9.95 Å². The van der Waals surface area contributed by atoms with Gasteiger partial charge in [0.15, 0.2) is 5.16 Å². The van der Waals surface area contributed by atoms with Crippen molar-refractivity contribution in [2.45, 2.75) is 63.2 Å². The van der Waals surface area contributed by atoms with E-state index in [-0.39, 0.29) is 17.5 Å². The molecule has 1 aromatic heterocycles. The van der Waals surface area contributed by atoms with E-state index in [2.05, 4.69) is 10.3 Å². The first-order chi connectivity index (χ1) is 10.1. The Morgan fingerprint density at radius 2 is 2.10 bits per heavy atom. The molecule has 0 radical (unpaired) electrons. The third-order valence-corrected chi connectivity index (χ3v) is 5.56. The van der Waals surface area contributed by atoms with Gasteiger partial charge >= 0.3 is 0 Å². The van der Waals surface area contributed by atoms with Crippen molar-refractivity contribution in [2.75, 3.05) is 5.75 Å². The first-order valence-corrected chi connectivity index (χ1v) is 8.56. The van der Waals surface area contributed by atoms with Crippen LogP contribution in [0.4, 0.5) is 0 Å². The average molecular weight is 307 g/mol. The largest absolute Gasteiger partial charge is 0.353 e. The van der Waals surface area contributed by atoms with Crippen molar-refractivity contribution in [3.05, 3.63) is 21.6 Å². The quantitative estimate of drug-likeness (QED) is 0.867. The fourth-order valence-corrected chi connectivity index (χ4v) is 4.27. The van der Waals surface area contributed by atoms with Crippen LogP contribution in [-0.2, 0) is 4.79 Å². The van der Waals surface area contributed by atoms with Crippen molar-refractivity contribution in [1.82, 2.24) is 14.9 Å². The summed E-state index contributed by atoms with van der Waals surface area (Å²) in [5.74, 6) is 0.814. The fraction of sp³-hybridized carbons (Fsp3) is 0.667. The first-order valence-electron chi connectivity index (χ1n) is 7.58. The highest BCUT2D eigenvalue weighted by molar-refractivity contribution is 7.99. The monoisotopic (exact) mass is 307 g/mol. The number of nitrogens with one attached hydrogen (secondary N) is 1. The van der Waals surface area contributed by atoms with Gasteiger partial charge in [0.25, 0.3) is 5.56 Å². The van der Waals surface area contributed by atoms with E-state index in [0.717, 1.165) is 29.4 Å². The topological polar surface area (TPSA) is 64.0 Å². The predicted molar refractivity (Wildman–Crippen MR) is 82.7 cm³/mol. The lowest BCUT2D eigenvalue weighted by atomic mass is 10.2. The third kappa shape index (κ3) is 2.86. The molecule has 1 unspecified atom stereocenters. The van der Waals surface area contributed by atoms with Crippen molar-refractivity contribution >= 4 is 17.7 Å². The molecule has 0 spiro atoms. The highest BCUT2D eigenvalue weighted by Crippen LogP contribution is 2.32. The van der Waals surface area contributed by atoms with Crippen LogP contribution in [0.3, 0.4) is 0 Å². The Labute approximate surface area is 128 Å². The van der Waals surface area contributed by atoms with E-state index in [1.165, 1.54) is 12.8 Å². The molecule has 1 fully saturated rings. The zero-order chi connectivity index (χ0) is 15.0. The van der Waals surface area contributed by atoms with Gasteiger partial charge in [0.05, 0.1) is 6.04 Å². The van der Waals surface area contributed by atoms with E-state index in [9.17, 15) is 9.59 Å². The molecule has 1 aliphatic heterocycles. The van der Waals surface area contributed by atoms with Gasteiger partial charge in [-0.15, -0.1) is 0 Å². The standard InChI is InChI=1S/C15H21N3O2S/c1-9-10(2)16-15-18(14(9)20)12(8-21-15)7-13(19)17-11-5-3-4-6-11/h11-12H,3-8H2,1-2H3,(H,17,19). The van der Waals surface area contributed by atoms with Crippen molar-refractivity contribution in [3.8, 4) is 0 Å². The second-order valence-corrected chi connectivity index (χ2v) is 6.98. The number of rotatable bonds is 3. The molecule has 21 heavy (non-hydrogen) atoms. The van der Waals surface area contributed by atoms with Gasteiger partial charge in [0.2, 0.25) is 5.91 Å². The van der Waals surface area contributed by atoms with Crippen LogP contribution in [0.1, 0.15) is 49.4 Å². The molecule has 1 amide bonds. The summed E-state index contributed by atoms with van der Waals surface area (Å²) >= 11 is 1.57. The third-order valence-electron chi connectivity index (χ3n) is 4.46. The normalized spacial score (nSPS) is 21.5. The van der Waals surface area contributed by atoms with Gasteiger partial charge in [-0.1, -0.05) is 24.6 Å². The molecule has 0 saturated heterocycles. The summed E-state index contributed by atoms with van der Waals surface area (Å²) in [6.07, 6.45) is 4.95. The number of aromatic nitrogens is 2. The van der Waals surface area contributed by atoms with Crippen molar-refractivity contribution in [2.24, 2.45) is 0 Å². The lowest BCUT2D eigenvalue weighted by Gasteiger charge is -2.16. The van der Waals surface area contributed by atoms with Gasteiger partial charge in [-0.2, -0.15) is 0 Å². The maximum Gasteiger partial charge on any atom is 0.257 e.